The Balaban J connectivity index is 1.05. The van der Waals surface area contributed by atoms with E-state index >= 15 is 0 Å². The highest BCUT2D eigenvalue weighted by atomic mass is 32.1. The smallest absolute Gasteiger partial charge is 0.160 e. The quantitative estimate of drug-likeness (QED) is 0.160. The molecule has 0 aliphatic heterocycles. The number of aromatic nitrogens is 2. The van der Waals surface area contributed by atoms with E-state index in [1.807, 2.05) is 17.4 Å². The van der Waals surface area contributed by atoms with Gasteiger partial charge in [-0.3, -0.25) is 0 Å². The first-order valence-corrected chi connectivity index (χ1v) is 23.4. The molecule has 66 heavy (non-hydrogen) atoms. The van der Waals surface area contributed by atoms with Crippen LogP contribution in [0.25, 0.3) is 98.2 Å². The minimum atomic E-state index is -0.528. The molecule has 0 amide bonds. The van der Waals surface area contributed by atoms with Crippen molar-refractivity contribution in [2.24, 2.45) is 0 Å². The van der Waals surface area contributed by atoms with E-state index < -0.39 is 5.41 Å². The van der Waals surface area contributed by atoms with Crippen molar-refractivity contribution >= 4 is 42.3 Å². The Labute approximate surface area is 387 Å². The predicted octanol–water partition coefficient (Wildman–Crippen LogP) is 16.7. The average Bonchev–Trinajstić information content (AvgIpc) is 3.92. The molecule has 13 rings (SSSR count). The van der Waals surface area contributed by atoms with Gasteiger partial charge >= 0.3 is 0 Å². The molecular weight excluding hydrogens is 817 g/mol. The van der Waals surface area contributed by atoms with Gasteiger partial charge in [0.2, 0.25) is 0 Å². The van der Waals surface area contributed by atoms with Crippen LogP contribution in [0.2, 0.25) is 0 Å². The van der Waals surface area contributed by atoms with Crippen molar-refractivity contribution in [2.75, 3.05) is 0 Å². The molecule has 2 aromatic heterocycles. The maximum atomic E-state index is 5.43. The number of thiophene rings is 1. The molecule has 0 atom stereocenters. The van der Waals surface area contributed by atoms with E-state index in [-0.39, 0.29) is 0 Å². The molecule has 3 heteroatoms. The first-order valence-electron chi connectivity index (χ1n) is 22.5. The maximum absolute atomic E-state index is 5.43. The van der Waals surface area contributed by atoms with Crippen LogP contribution in [-0.4, -0.2) is 9.97 Å². The lowest BCUT2D eigenvalue weighted by Crippen LogP contribution is -2.28. The van der Waals surface area contributed by atoms with Gasteiger partial charge in [-0.15, -0.1) is 11.3 Å². The molecule has 2 nitrogen and oxygen atoms in total. The number of benzene rings is 10. The summed E-state index contributed by atoms with van der Waals surface area (Å²) in [5.74, 6) is 0.688. The average molecular weight is 857 g/mol. The Morgan fingerprint density at radius 1 is 0.303 bits per heavy atom. The Morgan fingerprint density at radius 3 is 1.68 bits per heavy atom. The van der Waals surface area contributed by atoms with E-state index in [2.05, 4.69) is 237 Å². The Kier molecular flexibility index (Phi) is 8.97. The molecule has 2 heterocycles. The predicted molar refractivity (Wildman–Crippen MR) is 277 cm³/mol. The Bertz CT molecular complexity index is 3770. The van der Waals surface area contributed by atoms with Crippen LogP contribution in [0, 0.1) is 0 Å². The van der Waals surface area contributed by atoms with Crippen LogP contribution in [0.1, 0.15) is 22.3 Å². The second-order valence-electron chi connectivity index (χ2n) is 17.3. The van der Waals surface area contributed by atoms with Gasteiger partial charge in [-0.2, -0.15) is 0 Å². The number of fused-ring (bicyclic) bond motifs is 7. The molecule has 0 unspecified atom stereocenters. The summed E-state index contributed by atoms with van der Waals surface area (Å²) in [5, 5.41) is 5.02. The fourth-order valence-electron chi connectivity index (χ4n) is 10.5. The van der Waals surface area contributed by atoms with E-state index in [4.69, 9.17) is 9.97 Å². The highest BCUT2D eigenvalue weighted by Crippen LogP contribution is 2.56. The van der Waals surface area contributed by atoms with E-state index in [1.54, 1.807) is 0 Å². The molecule has 1 aliphatic rings. The van der Waals surface area contributed by atoms with Crippen molar-refractivity contribution in [1.29, 1.82) is 0 Å². The summed E-state index contributed by atoms with van der Waals surface area (Å²) < 4.78 is 2.58. The largest absolute Gasteiger partial charge is 0.228 e. The Hall–Kier alpha value is -8.24. The van der Waals surface area contributed by atoms with E-state index in [0.29, 0.717) is 5.82 Å². The highest BCUT2D eigenvalue weighted by Gasteiger charge is 2.46. The van der Waals surface area contributed by atoms with Gasteiger partial charge in [0.05, 0.1) is 16.8 Å². The van der Waals surface area contributed by atoms with Crippen LogP contribution in [-0.2, 0) is 5.41 Å². The zero-order chi connectivity index (χ0) is 43.6. The molecule has 0 bridgehead atoms. The zero-order valence-electron chi connectivity index (χ0n) is 35.9. The molecule has 0 saturated heterocycles. The summed E-state index contributed by atoms with van der Waals surface area (Å²) in [7, 11) is 0. The lowest BCUT2D eigenvalue weighted by molar-refractivity contribution is 0.768. The summed E-state index contributed by atoms with van der Waals surface area (Å²) >= 11 is 1.85. The molecule has 0 fully saturated rings. The third-order valence-electron chi connectivity index (χ3n) is 13.6. The van der Waals surface area contributed by atoms with E-state index in [9.17, 15) is 0 Å². The van der Waals surface area contributed by atoms with Crippen molar-refractivity contribution in [1.82, 2.24) is 9.97 Å². The summed E-state index contributed by atoms with van der Waals surface area (Å²) in [5.41, 5.74) is 16.4. The molecule has 1 aliphatic carbocycles. The first kappa shape index (κ1) is 38.2. The first-order chi connectivity index (χ1) is 32.7. The minimum absolute atomic E-state index is 0.528. The lowest BCUT2D eigenvalue weighted by Gasteiger charge is -2.34. The highest BCUT2D eigenvalue weighted by molar-refractivity contribution is 7.25. The van der Waals surface area contributed by atoms with Crippen molar-refractivity contribution in [3.63, 3.8) is 0 Å². The molecule has 0 spiro atoms. The SMILES string of the molecule is c1ccc(-c2nc(-c3cc(-c4ccc5c(c4)sc4ccccc45)cc(-c4cccc5ccccc45)c3)cc(-c3ccc4c(c3)C(c3ccccc3)(c3ccccc3)c3ccccc3-4)n2)cc1. The Morgan fingerprint density at radius 2 is 0.879 bits per heavy atom. The van der Waals surface area contributed by atoms with Crippen LogP contribution in [0.4, 0.5) is 0 Å². The van der Waals surface area contributed by atoms with Gasteiger partial charge < -0.3 is 0 Å². The second-order valence-corrected chi connectivity index (χ2v) is 18.3. The van der Waals surface area contributed by atoms with Crippen molar-refractivity contribution in [2.45, 2.75) is 5.41 Å². The molecule has 0 saturated carbocycles. The third-order valence-corrected chi connectivity index (χ3v) is 14.7. The van der Waals surface area contributed by atoms with Crippen molar-refractivity contribution < 1.29 is 0 Å². The number of hydrogen-bond donors (Lipinski definition) is 0. The summed E-state index contributed by atoms with van der Waals surface area (Å²) in [6.07, 6.45) is 0. The number of nitrogens with zero attached hydrogens (tertiary/aromatic N) is 2. The van der Waals surface area contributed by atoms with Crippen LogP contribution < -0.4 is 0 Å². The number of hydrogen-bond acceptors (Lipinski definition) is 3. The summed E-state index contributed by atoms with van der Waals surface area (Å²) in [4.78, 5) is 10.8. The number of rotatable bonds is 7. The van der Waals surface area contributed by atoms with Gasteiger partial charge in [0.15, 0.2) is 5.82 Å². The second kappa shape index (κ2) is 15.5. The normalized spacial score (nSPS) is 12.7. The maximum Gasteiger partial charge on any atom is 0.160 e. The fourth-order valence-corrected chi connectivity index (χ4v) is 11.7. The van der Waals surface area contributed by atoms with Crippen LogP contribution in [0.3, 0.4) is 0 Å². The van der Waals surface area contributed by atoms with Crippen molar-refractivity contribution in [3.8, 4) is 67.3 Å². The van der Waals surface area contributed by atoms with Gasteiger partial charge in [-0.1, -0.05) is 200 Å². The molecule has 0 radical (unpaired) electrons. The molecule has 10 aromatic carbocycles. The van der Waals surface area contributed by atoms with E-state index in [1.165, 1.54) is 75.5 Å². The zero-order valence-corrected chi connectivity index (χ0v) is 36.7. The van der Waals surface area contributed by atoms with Gasteiger partial charge in [0, 0.05) is 36.9 Å². The monoisotopic (exact) mass is 856 g/mol. The summed E-state index contributed by atoms with van der Waals surface area (Å²) in [6.45, 7) is 0. The summed E-state index contributed by atoms with van der Waals surface area (Å²) in [6, 6.07) is 88.4. The van der Waals surface area contributed by atoms with Crippen molar-refractivity contribution in [3.05, 3.63) is 265 Å². The van der Waals surface area contributed by atoms with Crippen LogP contribution in [0.5, 0.6) is 0 Å². The van der Waals surface area contributed by atoms with Gasteiger partial charge in [-0.05, 0) is 109 Å². The van der Waals surface area contributed by atoms with Gasteiger partial charge in [0.1, 0.15) is 0 Å². The molecule has 0 N–H and O–H groups in total. The van der Waals surface area contributed by atoms with Crippen LogP contribution in [0.15, 0.2) is 243 Å². The standard InChI is InChI=1S/C63H40N2S/c1-4-18-42(19-5-1)62-64-58(44-32-33-53-52-26-12-14-29-56(52)63(57(53)38-44,48-21-6-2-7-22-48)49-23-8-3-9-24-49)40-59(65-62)47-36-45(35-46(37-47)51-28-16-20-41-17-10-11-25-50(41)51)43-31-34-55-54-27-13-15-30-60(54)66-61(55)39-43/h1-40H. The fraction of sp³-hybridized carbons (Fsp3) is 0.0159. The topological polar surface area (TPSA) is 25.8 Å². The third kappa shape index (κ3) is 6.16. The molecule has 12 aromatic rings. The molecular formula is C63H40N2S. The minimum Gasteiger partial charge on any atom is -0.228 e. The van der Waals surface area contributed by atoms with E-state index in [0.717, 1.165) is 39.2 Å². The van der Waals surface area contributed by atoms with Crippen LogP contribution >= 0.6 is 11.3 Å². The van der Waals surface area contributed by atoms with Gasteiger partial charge in [0.25, 0.3) is 0 Å². The molecule has 308 valence electrons. The lowest BCUT2D eigenvalue weighted by atomic mass is 9.67. The van der Waals surface area contributed by atoms with Gasteiger partial charge in [-0.25, -0.2) is 9.97 Å².